The van der Waals surface area contributed by atoms with Gasteiger partial charge in [0.25, 0.3) is 5.91 Å². The number of fused-ring (bicyclic) bond motifs is 1. The van der Waals surface area contributed by atoms with Gasteiger partial charge in [-0.05, 0) is 30.3 Å². The Morgan fingerprint density at radius 3 is 2.52 bits per heavy atom. The van der Waals surface area contributed by atoms with Crippen LogP contribution in [0.5, 0.6) is 0 Å². The van der Waals surface area contributed by atoms with Crippen LogP contribution in [0.3, 0.4) is 0 Å². The zero-order valence-electron chi connectivity index (χ0n) is 14.7. The summed E-state index contributed by atoms with van der Waals surface area (Å²) in [7, 11) is 0. The lowest BCUT2D eigenvalue weighted by Gasteiger charge is -2.09. The summed E-state index contributed by atoms with van der Waals surface area (Å²) in [5.41, 5.74) is 0.727. The Bertz CT molecular complexity index is 1230. The maximum absolute atomic E-state index is 13.8. The van der Waals surface area contributed by atoms with Gasteiger partial charge in [-0.2, -0.15) is 0 Å². The molecule has 0 unspecified atom stereocenters. The fourth-order valence-electron chi connectivity index (χ4n) is 2.68. The minimum Gasteiger partial charge on any atom is -0.322 e. The molecule has 0 atom stereocenters. The van der Waals surface area contributed by atoms with Gasteiger partial charge in [0.05, 0.1) is 16.9 Å². The van der Waals surface area contributed by atoms with E-state index in [0.29, 0.717) is 17.3 Å². The molecule has 144 valence electrons. The van der Waals surface area contributed by atoms with Crippen molar-refractivity contribution in [3.05, 3.63) is 84.1 Å². The van der Waals surface area contributed by atoms with Gasteiger partial charge in [-0.25, -0.2) is 23.1 Å². The number of halogens is 3. The summed E-state index contributed by atoms with van der Waals surface area (Å²) in [5, 5.41) is 6.05. The smallest absolute Gasteiger partial charge is 0.274 e. The summed E-state index contributed by atoms with van der Waals surface area (Å²) in [6, 6.07) is 12.2. The summed E-state index contributed by atoms with van der Waals surface area (Å²) in [6.45, 7) is 0. The molecular formula is C20H12F3N5O. The normalized spacial score (nSPS) is 10.7. The second-order valence-electron chi connectivity index (χ2n) is 5.95. The third kappa shape index (κ3) is 3.70. The highest BCUT2D eigenvalue weighted by atomic mass is 19.2. The van der Waals surface area contributed by atoms with Gasteiger partial charge >= 0.3 is 0 Å². The van der Waals surface area contributed by atoms with Crippen molar-refractivity contribution in [3.8, 4) is 0 Å². The number of carbonyl (C=O) groups excluding carboxylic acids is 1. The number of benzene rings is 2. The number of anilines is 3. The molecule has 0 radical (unpaired) electrons. The quantitative estimate of drug-likeness (QED) is 0.500. The summed E-state index contributed by atoms with van der Waals surface area (Å²) >= 11 is 0. The van der Waals surface area contributed by atoms with Crippen LogP contribution in [0.2, 0.25) is 0 Å². The van der Waals surface area contributed by atoms with E-state index in [0.717, 1.165) is 11.5 Å². The molecule has 0 spiro atoms. The SMILES string of the molecule is O=C(Nc1ccc(F)c(F)c1F)c1ccnc(Nc2cccc3cccnc23)n1. The van der Waals surface area contributed by atoms with Gasteiger partial charge < -0.3 is 10.6 Å². The van der Waals surface area contributed by atoms with Gasteiger partial charge in [-0.1, -0.05) is 18.2 Å². The number of nitrogens with one attached hydrogen (secondary N) is 2. The maximum atomic E-state index is 13.8. The number of hydrogen-bond acceptors (Lipinski definition) is 5. The van der Waals surface area contributed by atoms with Crippen LogP contribution in [0.15, 0.2) is 60.9 Å². The lowest BCUT2D eigenvalue weighted by molar-refractivity contribution is 0.102. The molecule has 2 N–H and O–H groups in total. The highest BCUT2D eigenvalue weighted by Crippen LogP contribution is 2.23. The number of para-hydroxylation sites is 1. The van der Waals surface area contributed by atoms with Crippen LogP contribution < -0.4 is 10.6 Å². The predicted octanol–water partition coefficient (Wildman–Crippen LogP) is 4.44. The molecular weight excluding hydrogens is 383 g/mol. The molecule has 29 heavy (non-hydrogen) atoms. The first-order chi connectivity index (χ1) is 14.0. The van der Waals surface area contributed by atoms with E-state index >= 15 is 0 Å². The number of carbonyl (C=O) groups is 1. The average molecular weight is 395 g/mol. The van der Waals surface area contributed by atoms with E-state index in [2.05, 4.69) is 25.6 Å². The fourth-order valence-corrected chi connectivity index (χ4v) is 2.68. The van der Waals surface area contributed by atoms with Crippen LogP contribution in [0.1, 0.15) is 10.5 Å². The van der Waals surface area contributed by atoms with Gasteiger partial charge in [0, 0.05) is 17.8 Å². The molecule has 0 bridgehead atoms. The van der Waals surface area contributed by atoms with E-state index in [4.69, 9.17) is 0 Å². The Kier molecular flexibility index (Phi) is 4.78. The fraction of sp³-hybridized carbons (Fsp3) is 0. The summed E-state index contributed by atoms with van der Waals surface area (Å²) in [6.07, 6.45) is 2.99. The monoisotopic (exact) mass is 395 g/mol. The average Bonchev–Trinajstić information content (AvgIpc) is 2.74. The number of rotatable bonds is 4. The van der Waals surface area contributed by atoms with Crippen LogP contribution in [0, 0.1) is 17.5 Å². The van der Waals surface area contributed by atoms with Crippen molar-refractivity contribution in [1.82, 2.24) is 15.0 Å². The first kappa shape index (κ1) is 18.4. The lowest BCUT2D eigenvalue weighted by atomic mass is 10.2. The molecule has 6 nitrogen and oxygen atoms in total. The van der Waals surface area contributed by atoms with Crippen molar-refractivity contribution in [2.24, 2.45) is 0 Å². The van der Waals surface area contributed by atoms with Gasteiger partial charge in [0.15, 0.2) is 17.5 Å². The minimum absolute atomic E-state index is 0.0974. The van der Waals surface area contributed by atoms with Crippen molar-refractivity contribution in [2.75, 3.05) is 10.6 Å². The summed E-state index contributed by atoms with van der Waals surface area (Å²) in [5.74, 6) is -5.21. The predicted molar refractivity (Wildman–Crippen MR) is 101 cm³/mol. The molecule has 2 aromatic carbocycles. The van der Waals surface area contributed by atoms with Gasteiger partial charge in [0.1, 0.15) is 5.69 Å². The Balaban J connectivity index is 1.59. The van der Waals surface area contributed by atoms with Crippen molar-refractivity contribution in [2.45, 2.75) is 0 Å². The van der Waals surface area contributed by atoms with Crippen molar-refractivity contribution < 1.29 is 18.0 Å². The van der Waals surface area contributed by atoms with Crippen LogP contribution in [-0.2, 0) is 0 Å². The first-order valence-electron chi connectivity index (χ1n) is 8.41. The second-order valence-corrected chi connectivity index (χ2v) is 5.95. The molecule has 2 heterocycles. The molecule has 0 fully saturated rings. The van der Waals surface area contributed by atoms with Gasteiger partial charge in [-0.15, -0.1) is 0 Å². The number of aromatic nitrogens is 3. The van der Waals surface area contributed by atoms with E-state index in [9.17, 15) is 18.0 Å². The molecule has 4 rings (SSSR count). The van der Waals surface area contributed by atoms with E-state index in [1.54, 1.807) is 12.3 Å². The molecule has 0 saturated heterocycles. The molecule has 0 aliphatic heterocycles. The zero-order chi connectivity index (χ0) is 20.4. The molecule has 0 saturated carbocycles. The van der Waals surface area contributed by atoms with Crippen LogP contribution in [0.25, 0.3) is 10.9 Å². The maximum Gasteiger partial charge on any atom is 0.274 e. The zero-order valence-corrected chi connectivity index (χ0v) is 14.7. The lowest BCUT2D eigenvalue weighted by Crippen LogP contribution is -2.16. The number of nitrogens with zero attached hydrogens (tertiary/aromatic N) is 3. The van der Waals surface area contributed by atoms with Gasteiger partial charge in [-0.3, -0.25) is 9.78 Å². The van der Waals surface area contributed by atoms with E-state index in [1.165, 1.54) is 12.3 Å². The Labute approximate surface area is 162 Å². The Hall–Kier alpha value is -4.01. The second kappa shape index (κ2) is 7.55. The topological polar surface area (TPSA) is 79.8 Å². The van der Waals surface area contributed by atoms with E-state index < -0.39 is 29.0 Å². The molecule has 2 aromatic heterocycles. The number of amides is 1. The van der Waals surface area contributed by atoms with Crippen molar-refractivity contribution in [3.63, 3.8) is 0 Å². The summed E-state index contributed by atoms with van der Waals surface area (Å²) in [4.78, 5) is 24.8. The molecule has 1 amide bonds. The first-order valence-corrected chi connectivity index (χ1v) is 8.41. The largest absolute Gasteiger partial charge is 0.322 e. The molecule has 4 aromatic rings. The highest BCUT2D eigenvalue weighted by molar-refractivity contribution is 6.03. The number of pyridine rings is 1. The summed E-state index contributed by atoms with van der Waals surface area (Å²) < 4.78 is 40.1. The van der Waals surface area contributed by atoms with Crippen molar-refractivity contribution >= 4 is 34.1 Å². The van der Waals surface area contributed by atoms with Crippen LogP contribution in [-0.4, -0.2) is 20.9 Å². The Morgan fingerprint density at radius 2 is 1.66 bits per heavy atom. The standard InChI is InChI=1S/C20H12F3N5O/c21-12-6-7-13(17(23)16(12)22)26-19(29)15-8-10-25-20(28-15)27-14-5-1-3-11-4-2-9-24-18(11)14/h1-10H,(H,26,29)(H,25,27,28). The Morgan fingerprint density at radius 1 is 0.828 bits per heavy atom. The third-order valence-electron chi connectivity index (χ3n) is 4.05. The number of hydrogen-bond donors (Lipinski definition) is 2. The molecule has 0 aliphatic carbocycles. The van der Waals surface area contributed by atoms with E-state index in [-0.39, 0.29) is 11.6 Å². The minimum atomic E-state index is -1.67. The highest BCUT2D eigenvalue weighted by Gasteiger charge is 2.17. The van der Waals surface area contributed by atoms with Crippen LogP contribution in [0.4, 0.5) is 30.5 Å². The van der Waals surface area contributed by atoms with Crippen LogP contribution >= 0.6 is 0 Å². The molecule has 9 heteroatoms. The molecule has 0 aliphatic rings. The van der Waals surface area contributed by atoms with Gasteiger partial charge in [0.2, 0.25) is 5.95 Å². The third-order valence-corrected chi connectivity index (χ3v) is 4.05. The van der Waals surface area contributed by atoms with Crippen molar-refractivity contribution in [1.29, 1.82) is 0 Å². The van der Waals surface area contributed by atoms with E-state index in [1.807, 2.05) is 24.3 Å².